The van der Waals surface area contributed by atoms with Crippen LogP contribution < -0.4 is 5.32 Å². The summed E-state index contributed by atoms with van der Waals surface area (Å²) in [6, 6.07) is 4.59. The van der Waals surface area contributed by atoms with E-state index in [9.17, 15) is 0 Å². The lowest BCUT2D eigenvalue weighted by Gasteiger charge is -2.24. The van der Waals surface area contributed by atoms with Gasteiger partial charge in [-0.15, -0.1) is 0 Å². The molecule has 0 spiro atoms. The zero-order valence-electron chi connectivity index (χ0n) is 13.0. The lowest BCUT2D eigenvalue weighted by molar-refractivity contribution is 0.255. The summed E-state index contributed by atoms with van der Waals surface area (Å²) < 4.78 is 5.68. The van der Waals surface area contributed by atoms with Gasteiger partial charge in [0.05, 0.1) is 6.20 Å². The van der Waals surface area contributed by atoms with Gasteiger partial charge in [-0.25, -0.2) is 0 Å². The van der Waals surface area contributed by atoms with Gasteiger partial charge >= 0.3 is 0 Å². The molecule has 0 radical (unpaired) electrons. The summed E-state index contributed by atoms with van der Waals surface area (Å²) in [5.74, 6) is 2.64. The summed E-state index contributed by atoms with van der Waals surface area (Å²) in [5.41, 5.74) is 2.13. The van der Waals surface area contributed by atoms with Crippen LogP contribution in [0.25, 0.3) is 11.5 Å². The van der Waals surface area contributed by atoms with E-state index in [0.29, 0.717) is 6.04 Å². The van der Waals surface area contributed by atoms with E-state index in [0.717, 1.165) is 41.8 Å². The molecule has 0 amide bonds. The fraction of sp³-hybridized carbons (Fsp3) is 0.562. The molecule has 114 valence electrons. The van der Waals surface area contributed by atoms with Gasteiger partial charge in [0.1, 0.15) is 11.5 Å². The quantitative estimate of drug-likeness (QED) is 0.821. The van der Waals surface area contributed by atoms with E-state index in [1.54, 1.807) is 0 Å². The smallest absolute Gasteiger partial charge is 0.152 e. The molecule has 2 heterocycles. The van der Waals surface area contributed by atoms with Crippen LogP contribution >= 0.6 is 0 Å². The molecule has 5 nitrogen and oxygen atoms in total. The van der Waals surface area contributed by atoms with Crippen molar-refractivity contribution in [3.8, 4) is 11.5 Å². The van der Waals surface area contributed by atoms with Crippen LogP contribution in [0.2, 0.25) is 0 Å². The molecule has 0 aromatic carbocycles. The van der Waals surface area contributed by atoms with E-state index < -0.39 is 0 Å². The maximum Gasteiger partial charge on any atom is 0.152 e. The van der Waals surface area contributed by atoms with Crippen molar-refractivity contribution in [2.24, 2.45) is 5.92 Å². The molecular formula is C16H24N4O. The third-order valence-corrected chi connectivity index (χ3v) is 4.20. The first-order valence-electron chi connectivity index (χ1n) is 7.61. The van der Waals surface area contributed by atoms with Gasteiger partial charge in [-0.1, -0.05) is 0 Å². The molecule has 1 aliphatic rings. The van der Waals surface area contributed by atoms with Crippen molar-refractivity contribution in [1.29, 1.82) is 0 Å². The highest BCUT2D eigenvalue weighted by Crippen LogP contribution is 2.34. The van der Waals surface area contributed by atoms with Gasteiger partial charge in [0.2, 0.25) is 0 Å². The molecule has 1 saturated carbocycles. The lowest BCUT2D eigenvalue weighted by Crippen LogP contribution is -2.39. The second kappa shape index (κ2) is 6.03. The van der Waals surface area contributed by atoms with Gasteiger partial charge in [0.15, 0.2) is 5.76 Å². The highest BCUT2D eigenvalue weighted by Gasteiger charge is 2.32. The number of nitrogens with one attached hydrogen (secondary N) is 2. The minimum absolute atomic E-state index is 0.631. The Bertz CT molecular complexity index is 581. The first-order valence-corrected chi connectivity index (χ1v) is 7.61. The SMILES string of the molecule is Cc1ccc(-c2[nH]ncc2CNCC(C2CC2)N(C)C)o1. The topological polar surface area (TPSA) is 57.1 Å². The molecule has 0 aliphatic heterocycles. The predicted octanol–water partition coefficient (Wildman–Crippen LogP) is 2.41. The lowest BCUT2D eigenvalue weighted by atomic mass is 10.1. The van der Waals surface area contributed by atoms with Gasteiger partial charge in [-0.2, -0.15) is 5.10 Å². The molecule has 21 heavy (non-hydrogen) atoms. The average Bonchev–Trinajstić information content (AvgIpc) is 3.00. The van der Waals surface area contributed by atoms with E-state index >= 15 is 0 Å². The van der Waals surface area contributed by atoms with Crippen molar-refractivity contribution < 1.29 is 4.42 Å². The van der Waals surface area contributed by atoms with E-state index in [2.05, 4.69) is 34.5 Å². The number of aromatic nitrogens is 2. The molecule has 5 heteroatoms. The Balaban J connectivity index is 1.60. The number of hydrogen-bond donors (Lipinski definition) is 2. The van der Waals surface area contributed by atoms with Gasteiger partial charge < -0.3 is 14.6 Å². The first-order chi connectivity index (χ1) is 10.1. The standard InChI is InChI=1S/C16H24N4O/c1-11-4-7-15(21-11)16-13(9-18-19-16)8-17-10-14(20(2)3)12-5-6-12/h4,7,9,12,14,17H,5-6,8,10H2,1-3H3,(H,18,19). The number of nitrogens with zero attached hydrogens (tertiary/aromatic N) is 2. The summed E-state index contributed by atoms with van der Waals surface area (Å²) in [5, 5.41) is 10.8. The van der Waals surface area contributed by atoms with Crippen molar-refractivity contribution in [1.82, 2.24) is 20.4 Å². The second-order valence-electron chi connectivity index (χ2n) is 6.18. The van der Waals surface area contributed by atoms with Crippen LogP contribution in [0.4, 0.5) is 0 Å². The van der Waals surface area contributed by atoms with E-state index in [1.807, 2.05) is 25.3 Å². The maximum absolute atomic E-state index is 5.68. The zero-order chi connectivity index (χ0) is 14.8. The summed E-state index contributed by atoms with van der Waals surface area (Å²) in [4.78, 5) is 2.33. The van der Waals surface area contributed by atoms with Gasteiger partial charge in [0, 0.05) is 24.7 Å². The molecule has 1 atom stereocenters. The number of aromatic amines is 1. The van der Waals surface area contributed by atoms with Crippen molar-refractivity contribution >= 4 is 0 Å². The molecule has 1 aliphatic carbocycles. The fourth-order valence-corrected chi connectivity index (χ4v) is 2.83. The summed E-state index contributed by atoms with van der Waals surface area (Å²) >= 11 is 0. The van der Waals surface area contributed by atoms with E-state index in [4.69, 9.17) is 4.42 Å². The number of hydrogen-bond acceptors (Lipinski definition) is 4. The molecule has 3 rings (SSSR count). The molecule has 2 aromatic heterocycles. The van der Waals surface area contributed by atoms with Gasteiger partial charge in [-0.3, -0.25) is 5.10 Å². The van der Waals surface area contributed by atoms with Crippen LogP contribution in [0.3, 0.4) is 0 Å². The molecular weight excluding hydrogens is 264 g/mol. The van der Waals surface area contributed by atoms with Gasteiger partial charge in [0.25, 0.3) is 0 Å². The minimum atomic E-state index is 0.631. The highest BCUT2D eigenvalue weighted by atomic mass is 16.3. The number of aryl methyl sites for hydroxylation is 1. The maximum atomic E-state index is 5.68. The number of likely N-dealkylation sites (N-methyl/N-ethyl adjacent to an activating group) is 1. The monoisotopic (exact) mass is 288 g/mol. The first kappa shape index (κ1) is 14.4. The molecule has 0 bridgehead atoms. The van der Waals surface area contributed by atoms with Crippen LogP contribution in [-0.2, 0) is 6.54 Å². The second-order valence-corrected chi connectivity index (χ2v) is 6.18. The summed E-state index contributed by atoms with van der Waals surface area (Å²) in [6.07, 6.45) is 4.61. The minimum Gasteiger partial charge on any atom is -0.460 e. The fourth-order valence-electron chi connectivity index (χ4n) is 2.83. The number of H-pyrrole nitrogens is 1. The summed E-state index contributed by atoms with van der Waals surface area (Å²) in [6.45, 7) is 3.78. The van der Waals surface area contributed by atoms with Crippen LogP contribution in [0.1, 0.15) is 24.2 Å². The predicted molar refractivity (Wildman–Crippen MR) is 82.9 cm³/mol. The Morgan fingerprint density at radius 2 is 2.24 bits per heavy atom. The molecule has 1 fully saturated rings. The van der Waals surface area contributed by atoms with Crippen LogP contribution in [0.15, 0.2) is 22.7 Å². The number of furan rings is 1. The third-order valence-electron chi connectivity index (χ3n) is 4.20. The zero-order valence-corrected chi connectivity index (χ0v) is 13.0. The molecule has 2 aromatic rings. The van der Waals surface area contributed by atoms with Crippen molar-refractivity contribution in [3.63, 3.8) is 0 Å². The Labute approximate surface area is 125 Å². The van der Waals surface area contributed by atoms with Crippen LogP contribution in [-0.4, -0.2) is 41.8 Å². The summed E-state index contributed by atoms with van der Waals surface area (Å²) in [7, 11) is 4.33. The molecule has 2 N–H and O–H groups in total. The largest absolute Gasteiger partial charge is 0.460 e. The van der Waals surface area contributed by atoms with Crippen LogP contribution in [0, 0.1) is 12.8 Å². The molecule has 1 unspecified atom stereocenters. The highest BCUT2D eigenvalue weighted by molar-refractivity contribution is 5.56. The van der Waals surface area contributed by atoms with Gasteiger partial charge in [-0.05, 0) is 51.9 Å². The third kappa shape index (κ3) is 3.36. The van der Waals surface area contributed by atoms with E-state index in [-0.39, 0.29) is 0 Å². The number of rotatable bonds is 7. The van der Waals surface area contributed by atoms with E-state index in [1.165, 1.54) is 12.8 Å². The Morgan fingerprint density at radius 1 is 1.43 bits per heavy atom. The van der Waals surface area contributed by atoms with Crippen molar-refractivity contribution in [2.75, 3.05) is 20.6 Å². The normalized spacial score (nSPS) is 16.6. The Hall–Kier alpha value is -1.59. The Morgan fingerprint density at radius 3 is 2.86 bits per heavy atom. The Kier molecular flexibility index (Phi) is 4.12. The average molecular weight is 288 g/mol. The van der Waals surface area contributed by atoms with Crippen molar-refractivity contribution in [3.05, 3.63) is 29.7 Å². The molecule has 0 saturated heterocycles. The van der Waals surface area contributed by atoms with Crippen LogP contribution in [0.5, 0.6) is 0 Å². The van der Waals surface area contributed by atoms with Crippen molar-refractivity contribution in [2.45, 2.75) is 32.4 Å².